The monoisotopic (exact) mass is 210 g/mol. The third-order valence-electron chi connectivity index (χ3n) is 2.38. The van der Waals surface area contributed by atoms with Crippen LogP contribution in [0.25, 0.3) is 0 Å². The molecular formula is C10H18N4O. The highest BCUT2D eigenvalue weighted by atomic mass is 16.1. The van der Waals surface area contributed by atoms with Crippen LogP contribution in [0.15, 0.2) is 12.3 Å². The van der Waals surface area contributed by atoms with Gasteiger partial charge in [-0.15, -0.1) is 0 Å². The van der Waals surface area contributed by atoms with Gasteiger partial charge in [-0.05, 0) is 12.5 Å². The number of aryl methyl sites for hydroxylation is 1. The molecule has 0 saturated carbocycles. The fraction of sp³-hybridized carbons (Fsp3) is 0.600. The second kappa shape index (κ2) is 5.50. The quantitative estimate of drug-likeness (QED) is 0.687. The molecule has 5 nitrogen and oxygen atoms in total. The van der Waals surface area contributed by atoms with E-state index in [1.54, 1.807) is 6.20 Å². The molecular weight excluding hydrogens is 192 g/mol. The van der Waals surface area contributed by atoms with Crippen LogP contribution in [0.3, 0.4) is 0 Å². The predicted molar refractivity (Wildman–Crippen MR) is 58.0 cm³/mol. The van der Waals surface area contributed by atoms with Crippen molar-refractivity contribution in [3.05, 3.63) is 18.0 Å². The number of nitrogens with two attached hydrogens (primary N) is 2. The molecule has 1 aromatic heterocycles. The van der Waals surface area contributed by atoms with E-state index in [4.69, 9.17) is 11.5 Å². The van der Waals surface area contributed by atoms with E-state index in [0.717, 1.165) is 18.7 Å². The molecule has 0 fully saturated rings. The molecule has 0 aliphatic rings. The molecule has 1 unspecified atom stereocenters. The second-order valence-electron chi connectivity index (χ2n) is 3.58. The van der Waals surface area contributed by atoms with Gasteiger partial charge in [0.2, 0.25) is 5.91 Å². The third kappa shape index (κ3) is 3.06. The predicted octanol–water partition coefficient (Wildman–Crippen LogP) is -0.104. The van der Waals surface area contributed by atoms with Gasteiger partial charge in [0.05, 0.1) is 5.92 Å². The zero-order chi connectivity index (χ0) is 11.3. The van der Waals surface area contributed by atoms with Crippen molar-refractivity contribution < 1.29 is 4.79 Å². The van der Waals surface area contributed by atoms with Gasteiger partial charge in [-0.3, -0.25) is 9.48 Å². The van der Waals surface area contributed by atoms with Crippen LogP contribution in [0, 0.1) is 5.92 Å². The first-order valence-electron chi connectivity index (χ1n) is 5.19. The molecule has 5 heteroatoms. The lowest BCUT2D eigenvalue weighted by atomic mass is 10.0. The van der Waals surface area contributed by atoms with Gasteiger partial charge in [0.25, 0.3) is 0 Å². The van der Waals surface area contributed by atoms with Crippen molar-refractivity contribution in [1.29, 1.82) is 0 Å². The summed E-state index contributed by atoms with van der Waals surface area (Å²) in [4.78, 5) is 11.0. The first kappa shape index (κ1) is 11.7. The van der Waals surface area contributed by atoms with E-state index >= 15 is 0 Å². The topological polar surface area (TPSA) is 86.9 Å². The Bertz CT molecular complexity index is 321. The first-order valence-corrected chi connectivity index (χ1v) is 5.19. The maximum absolute atomic E-state index is 11.0. The Morgan fingerprint density at radius 3 is 2.93 bits per heavy atom. The minimum atomic E-state index is -0.346. The number of hydrogen-bond acceptors (Lipinski definition) is 3. The molecule has 0 bridgehead atoms. The van der Waals surface area contributed by atoms with E-state index in [1.807, 2.05) is 10.7 Å². The average molecular weight is 210 g/mol. The second-order valence-corrected chi connectivity index (χ2v) is 3.58. The van der Waals surface area contributed by atoms with Crippen LogP contribution in [-0.4, -0.2) is 22.2 Å². The highest BCUT2D eigenvalue weighted by Crippen LogP contribution is 2.08. The SMILES string of the molecule is CCCn1nccc1CC(CN)C(N)=O. The molecule has 1 amide bonds. The van der Waals surface area contributed by atoms with Crippen LogP contribution in [-0.2, 0) is 17.8 Å². The number of nitrogens with zero attached hydrogens (tertiary/aromatic N) is 2. The van der Waals surface area contributed by atoms with Crippen molar-refractivity contribution in [3.63, 3.8) is 0 Å². The fourth-order valence-electron chi connectivity index (χ4n) is 1.50. The number of carbonyl (C=O) groups is 1. The summed E-state index contributed by atoms with van der Waals surface area (Å²) in [5.74, 6) is -0.640. The molecule has 4 N–H and O–H groups in total. The molecule has 1 atom stereocenters. The zero-order valence-corrected chi connectivity index (χ0v) is 9.02. The Morgan fingerprint density at radius 1 is 1.67 bits per heavy atom. The van der Waals surface area contributed by atoms with Crippen LogP contribution in [0.2, 0.25) is 0 Å². The fourth-order valence-corrected chi connectivity index (χ4v) is 1.50. The summed E-state index contributed by atoms with van der Waals surface area (Å²) in [5, 5.41) is 4.18. The Morgan fingerprint density at radius 2 is 2.40 bits per heavy atom. The van der Waals surface area contributed by atoms with Crippen molar-refractivity contribution in [2.75, 3.05) is 6.54 Å². The summed E-state index contributed by atoms with van der Waals surface area (Å²) >= 11 is 0. The lowest BCUT2D eigenvalue weighted by Crippen LogP contribution is -2.32. The molecule has 0 aliphatic heterocycles. The summed E-state index contributed by atoms with van der Waals surface area (Å²) in [5.41, 5.74) is 11.7. The summed E-state index contributed by atoms with van der Waals surface area (Å²) in [7, 11) is 0. The van der Waals surface area contributed by atoms with E-state index in [0.29, 0.717) is 6.42 Å². The molecule has 84 valence electrons. The van der Waals surface area contributed by atoms with Crippen LogP contribution in [0.5, 0.6) is 0 Å². The minimum absolute atomic E-state index is 0.284. The highest BCUT2D eigenvalue weighted by molar-refractivity contribution is 5.77. The summed E-state index contributed by atoms with van der Waals surface area (Å²) in [6.45, 7) is 3.23. The maximum Gasteiger partial charge on any atom is 0.222 e. The van der Waals surface area contributed by atoms with Gasteiger partial charge in [0.1, 0.15) is 0 Å². The number of hydrogen-bond donors (Lipinski definition) is 2. The van der Waals surface area contributed by atoms with Gasteiger partial charge < -0.3 is 11.5 Å². The largest absolute Gasteiger partial charge is 0.369 e. The van der Waals surface area contributed by atoms with E-state index in [9.17, 15) is 4.79 Å². The normalized spacial score (nSPS) is 12.7. The van der Waals surface area contributed by atoms with E-state index in [-0.39, 0.29) is 18.4 Å². The number of amides is 1. The summed E-state index contributed by atoms with van der Waals surface area (Å²) in [6.07, 6.45) is 3.32. The van der Waals surface area contributed by atoms with E-state index in [1.165, 1.54) is 0 Å². The van der Waals surface area contributed by atoms with Crippen LogP contribution < -0.4 is 11.5 Å². The Balaban J connectivity index is 2.69. The molecule has 0 radical (unpaired) electrons. The Kier molecular flexibility index (Phi) is 4.30. The van der Waals surface area contributed by atoms with Crippen molar-refractivity contribution in [2.45, 2.75) is 26.3 Å². The zero-order valence-electron chi connectivity index (χ0n) is 9.02. The Labute approximate surface area is 89.4 Å². The molecule has 0 aliphatic carbocycles. The Hall–Kier alpha value is -1.36. The van der Waals surface area contributed by atoms with E-state index in [2.05, 4.69) is 12.0 Å². The average Bonchev–Trinajstić information content (AvgIpc) is 2.62. The number of primary amides is 1. The standard InChI is InChI=1S/C10H18N4O/c1-2-5-14-9(3-4-13-14)6-8(7-11)10(12)15/h3-4,8H,2,5-7,11H2,1H3,(H2,12,15). The van der Waals surface area contributed by atoms with Gasteiger partial charge in [0, 0.05) is 31.4 Å². The van der Waals surface area contributed by atoms with E-state index < -0.39 is 0 Å². The van der Waals surface area contributed by atoms with Gasteiger partial charge in [-0.1, -0.05) is 6.92 Å². The van der Waals surface area contributed by atoms with Gasteiger partial charge >= 0.3 is 0 Å². The molecule has 1 rings (SSSR count). The molecule has 1 aromatic rings. The number of aromatic nitrogens is 2. The van der Waals surface area contributed by atoms with Crippen LogP contribution in [0.4, 0.5) is 0 Å². The molecule has 0 saturated heterocycles. The van der Waals surface area contributed by atoms with Gasteiger partial charge in [-0.25, -0.2) is 0 Å². The van der Waals surface area contributed by atoms with Crippen molar-refractivity contribution >= 4 is 5.91 Å². The smallest absolute Gasteiger partial charge is 0.222 e. The summed E-state index contributed by atoms with van der Waals surface area (Å²) < 4.78 is 1.89. The summed E-state index contributed by atoms with van der Waals surface area (Å²) in [6, 6.07) is 1.90. The van der Waals surface area contributed by atoms with Crippen molar-refractivity contribution in [2.24, 2.45) is 17.4 Å². The first-order chi connectivity index (χ1) is 7.19. The molecule has 0 aromatic carbocycles. The van der Waals surface area contributed by atoms with Crippen molar-refractivity contribution in [1.82, 2.24) is 9.78 Å². The van der Waals surface area contributed by atoms with Crippen molar-refractivity contribution in [3.8, 4) is 0 Å². The van der Waals surface area contributed by atoms with Gasteiger partial charge in [0.15, 0.2) is 0 Å². The number of rotatable bonds is 6. The van der Waals surface area contributed by atoms with Crippen LogP contribution >= 0.6 is 0 Å². The number of carbonyl (C=O) groups excluding carboxylic acids is 1. The molecule has 0 spiro atoms. The lowest BCUT2D eigenvalue weighted by Gasteiger charge is -2.11. The minimum Gasteiger partial charge on any atom is -0.369 e. The lowest BCUT2D eigenvalue weighted by molar-refractivity contribution is -0.121. The van der Waals surface area contributed by atoms with Crippen LogP contribution in [0.1, 0.15) is 19.0 Å². The molecule has 1 heterocycles. The maximum atomic E-state index is 11.0. The molecule has 15 heavy (non-hydrogen) atoms. The third-order valence-corrected chi connectivity index (χ3v) is 2.38. The van der Waals surface area contributed by atoms with Gasteiger partial charge in [-0.2, -0.15) is 5.10 Å². The highest BCUT2D eigenvalue weighted by Gasteiger charge is 2.16.